The minimum absolute atomic E-state index is 0.269. The van der Waals surface area contributed by atoms with Crippen LogP contribution in [0.3, 0.4) is 0 Å². The Labute approximate surface area is 172 Å². The lowest BCUT2D eigenvalue weighted by Crippen LogP contribution is -2.27. The average molecular weight is 404 g/mol. The third-order valence-corrected chi connectivity index (χ3v) is 6.27. The quantitative estimate of drug-likeness (QED) is 0.478. The number of halogens is 3. The zero-order chi connectivity index (χ0) is 20.7. The van der Waals surface area contributed by atoms with Crippen molar-refractivity contribution in [3.63, 3.8) is 0 Å². The van der Waals surface area contributed by atoms with Gasteiger partial charge in [-0.05, 0) is 81.1 Å². The van der Waals surface area contributed by atoms with E-state index in [1.165, 1.54) is 16.7 Å². The second-order valence-corrected chi connectivity index (χ2v) is 8.47. The van der Waals surface area contributed by atoms with Crippen molar-refractivity contribution in [2.24, 2.45) is 5.92 Å². The summed E-state index contributed by atoms with van der Waals surface area (Å²) in [6.45, 7) is 2.12. The Kier molecular flexibility index (Phi) is 7.77. The van der Waals surface area contributed by atoms with E-state index in [0.29, 0.717) is 12.8 Å². The number of hydrogen-bond donors (Lipinski definition) is 0. The molecule has 4 heteroatoms. The van der Waals surface area contributed by atoms with Gasteiger partial charge in [-0.1, -0.05) is 54.6 Å². The fourth-order valence-corrected chi connectivity index (χ4v) is 4.34. The van der Waals surface area contributed by atoms with Crippen LogP contribution < -0.4 is 0 Å². The highest BCUT2D eigenvalue weighted by Crippen LogP contribution is 2.42. The Hall–Kier alpha value is -1.81. The summed E-state index contributed by atoms with van der Waals surface area (Å²) in [5, 5.41) is 0. The molecule has 2 aromatic rings. The summed E-state index contributed by atoms with van der Waals surface area (Å²) in [6.07, 6.45) is 1.03. The van der Waals surface area contributed by atoms with Crippen LogP contribution in [0.15, 0.2) is 54.6 Å². The van der Waals surface area contributed by atoms with Crippen LogP contribution in [-0.4, -0.2) is 31.2 Å². The first-order chi connectivity index (χ1) is 13.9. The molecule has 0 aliphatic heterocycles. The number of likely N-dealkylation sites (N-methyl/N-ethyl adjacent to an activating group) is 1. The van der Waals surface area contributed by atoms with Crippen molar-refractivity contribution in [3.05, 3.63) is 71.3 Å². The standard InChI is InChI=1S/C25H32F3N/c1-29(19-17-20-6-3-2-4-7-20)18-5-8-21-9-11-22(12-10-21)23-13-15-24(16-14-23)25(26,27)28/h2-4,6-7,9-12,23-24H,5,8,13-19H2,1H3. The maximum atomic E-state index is 12.8. The number of nitrogens with zero attached hydrogens (tertiary/aromatic N) is 1. The van der Waals surface area contributed by atoms with Crippen LogP contribution in [0.25, 0.3) is 0 Å². The minimum Gasteiger partial charge on any atom is -0.306 e. The maximum Gasteiger partial charge on any atom is 0.391 e. The summed E-state index contributed by atoms with van der Waals surface area (Å²) >= 11 is 0. The molecule has 0 unspecified atom stereocenters. The fourth-order valence-electron chi connectivity index (χ4n) is 4.34. The van der Waals surface area contributed by atoms with E-state index in [9.17, 15) is 13.2 Å². The summed E-state index contributed by atoms with van der Waals surface area (Å²) in [5.74, 6) is -0.816. The summed E-state index contributed by atoms with van der Waals surface area (Å²) in [6, 6.07) is 19.1. The Morgan fingerprint density at radius 3 is 2.03 bits per heavy atom. The molecule has 1 saturated carbocycles. The lowest BCUT2D eigenvalue weighted by atomic mass is 9.78. The van der Waals surface area contributed by atoms with Crippen LogP contribution in [0.5, 0.6) is 0 Å². The first-order valence-electron chi connectivity index (χ1n) is 10.8. The van der Waals surface area contributed by atoms with Crippen molar-refractivity contribution in [3.8, 4) is 0 Å². The van der Waals surface area contributed by atoms with Gasteiger partial charge >= 0.3 is 6.18 Å². The first-order valence-corrected chi connectivity index (χ1v) is 10.8. The smallest absolute Gasteiger partial charge is 0.306 e. The van der Waals surface area contributed by atoms with Crippen LogP contribution in [-0.2, 0) is 12.8 Å². The van der Waals surface area contributed by atoms with Crippen molar-refractivity contribution in [2.75, 3.05) is 20.1 Å². The van der Waals surface area contributed by atoms with E-state index in [1.807, 2.05) is 6.07 Å². The van der Waals surface area contributed by atoms with Crippen LogP contribution in [0.1, 0.15) is 54.7 Å². The first kappa shape index (κ1) is 21.9. The van der Waals surface area contributed by atoms with Gasteiger partial charge < -0.3 is 4.90 Å². The molecule has 0 spiro atoms. The molecule has 0 atom stereocenters. The number of hydrogen-bond acceptors (Lipinski definition) is 1. The number of aryl methyl sites for hydroxylation is 1. The van der Waals surface area contributed by atoms with Crippen molar-refractivity contribution < 1.29 is 13.2 Å². The lowest BCUT2D eigenvalue weighted by Gasteiger charge is -2.30. The molecule has 0 aromatic heterocycles. The molecular formula is C25H32F3N. The third kappa shape index (κ3) is 6.88. The van der Waals surface area contributed by atoms with Crippen LogP contribution in [0.4, 0.5) is 13.2 Å². The molecule has 1 fully saturated rings. The van der Waals surface area contributed by atoms with Gasteiger partial charge in [0.1, 0.15) is 0 Å². The van der Waals surface area contributed by atoms with E-state index in [4.69, 9.17) is 0 Å². The predicted octanol–water partition coefficient (Wildman–Crippen LogP) is 6.63. The summed E-state index contributed by atoms with van der Waals surface area (Å²) in [5.41, 5.74) is 3.89. The van der Waals surface area contributed by atoms with E-state index in [0.717, 1.165) is 32.4 Å². The molecule has 158 valence electrons. The van der Waals surface area contributed by atoms with E-state index in [-0.39, 0.29) is 18.8 Å². The van der Waals surface area contributed by atoms with E-state index < -0.39 is 12.1 Å². The molecule has 0 bridgehead atoms. The summed E-state index contributed by atoms with van der Waals surface area (Å²) in [4.78, 5) is 2.38. The van der Waals surface area contributed by atoms with Gasteiger partial charge in [0, 0.05) is 6.54 Å². The van der Waals surface area contributed by atoms with Crippen molar-refractivity contribution >= 4 is 0 Å². The molecule has 1 aliphatic rings. The van der Waals surface area contributed by atoms with Crippen molar-refractivity contribution in [1.29, 1.82) is 0 Å². The zero-order valence-corrected chi connectivity index (χ0v) is 17.3. The second-order valence-electron chi connectivity index (χ2n) is 8.47. The number of alkyl halides is 3. The third-order valence-electron chi connectivity index (χ3n) is 6.27. The molecule has 3 rings (SSSR count). The molecule has 0 saturated heterocycles. The van der Waals surface area contributed by atoms with Gasteiger partial charge in [0.2, 0.25) is 0 Å². The minimum atomic E-state index is -4.02. The Morgan fingerprint density at radius 2 is 1.41 bits per heavy atom. The fraction of sp³-hybridized carbons (Fsp3) is 0.520. The van der Waals surface area contributed by atoms with E-state index in [1.54, 1.807) is 0 Å². The second kappa shape index (κ2) is 10.3. The molecule has 1 aliphatic carbocycles. The molecule has 29 heavy (non-hydrogen) atoms. The van der Waals surface area contributed by atoms with Crippen LogP contribution in [0, 0.1) is 5.92 Å². The van der Waals surface area contributed by atoms with E-state index >= 15 is 0 Å². The summed E-state index contributed by atoms with van der Waals surface area (Å²) < 4.78 is 38.5. The van der Waals surface area contributed by atoms with Gasteiger partial charge in [0.05, 0.1) is 5.92 Å². The normalized spacial score (nSPS) is 20.2. The largest absolute Gasteiger partial charge is 0.391 e. The molecule has 0 heterocycles. The highest BCUT2D eigenvalue weighted by molar-refractivity contribution is 5.26. The molecular weight excluding hydrogens is 371 g/mol. The number of benzene rings is 2. The highest BCUT2D eigenvalue weighted by atomic mass is 19.4. The van der Waals surface area contributed by atoms with Gasteiger partial charge in [-0.15, -0.1) is 0 Å². The summed E-state index contributed by atoms with van der Waals surface area (Å²) in [7, 11) is 2.17. The topological polar surface area (TPSA) is 3.24 Å². The molecule has 0 amide bonds. The maximum absolute atomic E-state index is 12.8. The average Bonchev–Trinajstić information content (AvgIpc) is 2.73. The molecule has 0 radical (unpaired) electrons. The SMILES string of the molecule is CN(CCCc1ccc(C2CCC(C(F)(F)F)CC2)cc1)CCc1ccccc1. The van der Waals surface area contributed by atoms with Gasteiger partial charge in [0.15, 0.2) is 0 Å². The Morgan fingerprint density at radius 1 is 0.793 bits per heavy atom. The molecule has 1 nitrogen and oxygen atoms in total. The van der Waals surface area contributed by atoms with Gasteiger partial charge in [-0.2, -0.15) is 13.2 Å². The van der Waals surface area contributed by atoms with Crippen LogP contribution in [0.2, 0.25) is 0 Å². The highest BCUT2D eigenvalue weighted by Gasteiger charge is 2.41. The van der Waals surface area contributed by atoms with Gasteiger partial charge in [0.25, 0.3) is 0 Å². The van der Waals surface area contributed by atoms with Crippen molar-refractivity contribution in [1.82, 2.24) is 4.90 Å². The van der Waals surface area contributed by atoms with E-state index in [2.05, 4.69) is 60.5 Å². The Bertz CT molecular complexity index is 716. The van der Waals surface area contributed by atoms with Crippen LogP contribution >= 0.6 is 0 Å². The molecule has 0 N–H and O–H groups in total. The van der Waals surface area contributed by atoms with Crippen molar-refractivity contribution in [2.45, 2.75) is 57.0 Å². The Balaban J connectivity index is 1.37. The zero-order valence-electron chi connectivity index (χ0n) is 17.3. The van der Waals surface area contributed by atoms with Gasteiger partial charge in [-0.25, -0.2) is 0 Å². The lowest BCUT2D eigenvalue weighted by molar-refractivity contribution is -0.182. The van der Waals surface area contributed by atoms with Gasteiger partial charge in [-0.3, -0.25) is 0 Å². The molecule has 2 aromatic carbocycles. The predicted molar refractivity (Wildman–Crippen MR) is 113 cm³/mol. The monoisotopic (exact) mass is 403 g/mol. The number of rotatable bonds is 8.